The molecule has 2 aromatic rings. The third-order valence-electron chi connectivity index (χ3n) is 2.97. The summed E-state index contributed by atoms with van der Waals surface area (Å²) in [7, 11) is 1.34. The van der Waals surface area contributed by atoms with Crippen LogP contribution in [0.1, 0.15) is 17.0 Å². The van der Waals surface area contributed by atoms with Crippen molar-refractivity contribution < 1.29 is 14.3 Å². The average Bonchev–Trinajstić information content (AvgIpc) is 3.05. The van der Waals surface area contributed by atoms with Gasteiger partial charge in [0.05, 0.1) is 0 Å². The summed E-state index contributed by atoms with van der Waals surface area (Å²) in [5.74, 6) is 0.802. The first-order valence-corrected chi connectivity index (χ1v) is 9.09. The Bertz CT molecular complexity index is 707. The second kappa shape index (κ2) is 6.18. The molecule has 0 saturated carbocycles. The standard InChI is InChI=1S/C13H13N3O3S.Tl/c1-18-13(17)16-11-5-10-12(20-11)8(2-3-19-10)4-9-6-14-7-15-9;/h4-7H,2-3H2,1H3,(H2,14,15,16,17);/q;+1/p-1/b8-4+;. The van der Waals surface area contributed by atoms with Gasteiger partial charge in [0.1, 0.15) is 0 Å². The first-order valence-electron chi connectivity index (χ1n) is 6.27. The number of carbonyl (C=O) groups excluding carboxylic acids is 1. The molecule has 0 fully saturated rings. The van der Waals surface area contributed by atoms with Gasteiger partial charge in [0.15, 0.2) is 0 Å². The Balaban J connectivity index is 1.90. The van der Waals surface area contributed by atoms with Crippen molar-refractivity contribution in [3.05, 3.63) is 29.2 Å². The van der Waals surface area contributed by atoms with Crippen molar-refractivity contribution in [1.29, 1.82) is 0 Å². The molecule has 1 aliphatic rings. The molecule has 21 heavy (non-hydrogen) atoms. The number of hydrogen-bond donors (Lipinski definition) is 1. The van der Waals surface area contributed by atoms with Gasteiger partial charge in [-0.1, -0.05) is 0 Å². The topological polar surface area (TPSA) is 65.4 Å². The fourth-order valence-corrected chi connectivity index (χ4v) is 3.93. The van der Waals surface area contributed by atoms with Crippen LogP contribution in [0, 0.1) is 0 Å². The van der Waals surface area contributed by atoms with Gasteiger partial charge in [-0.3, -0.25) is 0 Å². The number of fused-ring (bicyclic) bond motifs is 1. The molecule has 1 aliphatic heterocycles. The number of methoxy groups -OCH3 is 1. The molecule has 0 spiro atoms. The van der Waals surface area contributed by atoms with Crippen LogP contribution < -0.4 is 10.1 Å². The summed E-state index contributed by atoms with van der Waals surface area (Å²) in [6.07, 6.45) is 6.32. The Morgan fingerprint density at radius 2 is 2.52 bits per heavy atom. The van der Waals surface area contributed by atoms with Crippen LogP contribution in [-0.4, -0.2) is 53.2 Å². The van der Waals surface area contributed by atoms with E-state index in [9.17, 15) is 4.79 Å². The number of imidazole rings is 1. The summed E-state index contributed by atoms with van der Waals surface area (Å²) >= 11 is 2.20. The van der Waals surface area contributed by atoms with Crippen LogP contribution in [0.3, 0.4) is 0 Å². The van der Waals surface area contributed by atoms with Crippen LogP contribution in [0.5, 0.6) is 5.75 Å². The van der Waals surface area contributed by atoms with Gasteiger partial charge in [-0.15, -0.1) is 0 Å². The maximum atomic E-state index is 11.3. The number of nitrogens with zero attached hydrogens (tertiary/aromatic N) is 2. The zero-order valence-electron chi connectivity index (χ0n) is 11.3. The van der Waals surface area contributed by atoms with Gasteiger partial charge in [0.2, 0.25) is 0 Å². The van der Waals surface area contributed by atoms with E-state index in [1.54, 1.807) is 0 Å². The average molecular weight is 495 g/mol. The molecule has 0 aromatic carbocycles. The number of hydrogen-bond acceptors (Lipinski definition) is 5. The molecule has 1 N–H and O–H groups in total. The predicted octanol–water partition coefficient (Wildman–Crippen LogP) is 2.38. The molecule has 1 amide bonds. The van der Waals surface area contributed by atoms with Crippen molar-refractivity contribution in [3.63, 3.8) is 0 Å². The van der Waals surface area contributed by atoms with Gasteiger partial charge in [-0.05, 0) is 0 Å². The Kier molecular flexibility index (Phi) is 4.29. The summed E-state index contributed by atoms with van der Waals surface area (Å²) in [5.41, 5.74) is 2.14. The molecule has 0 bridgehead atoms. The van der Waals surface area contributed by atoms with Gasteiger partial charge in [-0.25, -0.2) is 0 Å². The molecule has 0 radical (unpaired) electrons. The third-order valence-corrected chi connectivity index (χ3v) is 5.18. The SMILES string of the molecule is COC(=O)Nc1cc2c(s1)/C(=C/c1c[n]([Tl])cn1)CCO2. The number of amides is 1. The normalized spacial score (nSPS) is 15.3. The summed E-state index contributed by atoms with van der Waals surface area (Å²) in [6, 6.07) is 1.83. The van der Waals surface area contributed by atoms with E-state index < -0.39 is 6.09 Å². The van der Waals surface area contributed by atoms with Crippen molar-refractivity contribution in [1.82, 2.24) is 7.36 Å². The van der Waals surface area contributed by atoms with E-state index in [1.165, 1.54) is 24.0 Å². The van der Waals surface area contributed by atoms with Crippen LogP contribution in [-0.2, 0) is 4.74 Å². The molecule has 106 valence electrons. The molecule has 0 atom stereocenters. The fraction of sp³-hybridized carbons (Fsp3) is 0.231. The molecule has 0 saturated heterocycles. The molecule has 8 heteroatoms. The number of carbonyl (C=O) groups is 1. The van der Waals surface area contributed by atoms with Crippen molar-refractivity contribution in [2.45, 2.75) is 6.42 Å². The molecular formula is C13H12N3O3STl. The zero-order chi connectivity index (χ0) is 14.8. The van der Waals surface area contributed by atoms with Crippen molar-refractivity contribution in [2.24, 2.45) is 0 Å². The third kappa shape index (κ3) is 3.29. The van der Waals surface area contributed by atoms with Gasteiger partial charge < -0.3 is 0 Å². The number of ether oxygens (including phenoxy) is 2. The van der Waals surface area contributed by atoms with Crippen molar-refractivity contribution >= 4 is 60.1 Å². The van der Waals surface area contributed by atoms with E-state index in [-0.39, 0.29) is 0 Å². The van der Waals surface area contributed by atoms with E-state index in [0.29, 0.717) is 6.61 Å². The second-order valence-electron chi connectivity index (χ2n) is 4.43. The van der Waals surface area contributed by atoms with E-state index in [1.807, 2.05) is 18.6 Å². The minimum atomic E-state index is -0.477. The number of thiophene rings is 1. The van der Waals surface area contributed by atoms with Crippen LogP contribution in [0.25, 0.3) is 11.6 Å². The van der Waals surface area contributed by atoms with E-state index in [4.69, 9.17) is 4.74 Å². The summed E-state index contributed by atoms with van der Waals surface area (Å²) in [6.45, 7) is 0.635. The van der Waals surface area contributed by atoms with E-state index in [2.05, 4.69) is 23.5 Å². The van der Waals surface area contributed by atoms with Gasteiger partial charge in [-0.2, -0.15) is 0 Å². The molecule has 0 unspecified atom stereocenters. The quantitative estimate of drug-likeness (QED) is 0.651. The molecule has 0 aliphatic carbocycles. The summed E-state index contributed by atoms with van der Waals surface area (Å²) in [4.78, 5) is 16.7. The molecule has 3 heterocycles. The molecule has 2 aromatic heterocycles. The second-order valence-corrected chi connectivity index (χ2v) is 7.80. The van der Waals surface area contributed by atoms with Crippen LogP contribution in [0.15, 0.2) is 18.6 Å². The van der Waals surface area contributed by atoms with Gasteiger partial charge in [0.25, 0.3) is 0 Å². The fourth-order valence-electron chi connectivity index (χ4n) is 2.05. The number of nitrogens with one attached hydrogen (secondary N) is 1. The Morgan fingerprint density at radius 3 is 3.24 bits per heavy atom. The molecule has 6 nitrogen and oxygen atoms in total. The zero-order valence-corrected chi connectivity index (χ0v) is 16.6. The number of rotatable bonds is 2. The number of aromatic nitrogens is 2. The van der Waals surface area contributed by atoms with Crippen LogP contribution in [0.4, 0.5) is 9.80 Å². The van der Waals surface area contributed by atoms with Crippen LogP contribution in [0.2, 0.25) is 0 Å². The first kappa shape index (κ1) is 14.6. The van der Waals surface area contributed by atoms with Crippen molar-refractivity contribution in [2.75, 3.05) is 19.0 Å². The Labute approximate surface area is 141 Å². The monoisotopic (exact) mass is 495 g/mol. The summed E-state index contributed by atoms with van der Waals surface area (Å²) < 4.78 is 12.3. The van der Waals surface area contributed by atoms with Gasteiger partial charge in [0, 0.05) is 0 Å². The van der Waals surface area contributed by atoms with Crippen LogP contribution >= 0.6 is 11.3 Å². The maximum absolute atomic E-state index is 11.3. The predicted molar refractivity (Wildman–Crippen MR) is 81.7 cm³/mol. The van der Waals surface area contributed by atoms with Crippen molar-refractivity contribution in [3.8, 4) is 5.75 Å². The van der Waals surface area contributed by atoms with E-state index >= 15 is 0 Å². The summed E-state index contributed by atoms with van der Waals surface area (Å²) in [5, 5.41) is 3.39. The Morgan fingerprint density at radius 1 is 1.67 bits per heavy atom. The Hall–Kier alpha value is -1.36. The van der Waals surface area contributed by atoms with Gasteiger partial charge >= 0.3 is 142 Å². The molecular weight excluding hydrogens is 483 g/mol. The molecule has 3 rings (SSSR count). The van der Waals surface area contributed by atoms with E-state index in [0.717, 1.165) is 53.8 Å². The number of anilines is 1. The first-order chi connectivity index (χ1) is 10.2. The minimum absolute atomic E-state index is 0.477.